The second kappa shape index (κ2) is 3.10. The maximum absolute atomic E-state index is 5.40. The molecule has 1 atom stereocenters. The summed E-state index contributed by atoms with van der Waals surface area (Å²) in [5.74, 6) is 0.838. The van der Waals surface area contributed by atoms with Crippen LogP contribution in [0.3, 0.4) is 0 Å². The monoisotopic (exact) mass is 168 g/mol. The van der Waals surface area contributed by atoms with E-state index in [0.717, 1.165) is 25.6 Å². The lowest BCUT2D eigenvalue weighted by molar-refractivity contribution is 0.0526. The molecule has 1 saturated heterocycles. The second-order valence-electron chi connectivity index (χ2n) is 2.94. The van der Waals surface area contributed by atoms with E-state index < -0.39 is 0 Å². The third-order valence-electron chi connectivity index (χ3n) is 1.94. The number of aromatic amines is 1. The zero-order chi connectivity index (χ0) is 8.39. The summed E-state index contributed by atoms with van der Waals surface area (Å²) in [6.45, 7) is 4.60. The highest BCUT2D eigenvalue weighted by molar-refractivity contribution is 5.27. The number of anilines is 1. The molecule has 0 amide bonds. The van der Waals surface area contributed by atoms with E-state index in [-0.39, 0.29) is 6.10 Å². The first-order valence-electron chi connectivity index (χ1n) is 4.08. The molecule has 12 heavy (non-hydrogen) atoms. The van der Waals surface area contributed by atoms with Crippen molar-refractivity contribution >= 4 is 5.95 Å². The van der Waals surface area contributed by atoms with Crippen LogP contribution in [0, 0.1) is 0 Å². The number of hydrogen-bond donors (Lipinski definition) is 1. The van der Waals surface area contributed by atoms with Crippen LogP contribution >= 0.6 is 0 Å². The normalized spacial score (nSPS) is 24.4. The minimum Gasteiger partial charge on any atom is -0.375 e. The Balaban J connectivity index is 2.04. The molecular weight excluding hydrogens is 156 g/mol. The van der Waals surface area contributed by atoms with Crippen molar-refractivity contribution in [2.24, 2.45) is 0 Å². The third-order valence-corrected chi connectivity index (χ3v) is 1.94. The highest BCUT2D eigenvalue weighted by Crippen LogP contribution is 2.10. The van der Waals surface area contributed by atoms with Gasteiger partial charge in [-0.2, -0.15) is 10.1 Å². The largest absolute Gasteiger partial charge is 0.375 e. The molecule has 0 radical (unpaired) electrons. The molecule has 1 N–H and O–H groups in total. The van der Waals surface area contributed by atoms with E-state index in [4.69, 9.17) is 4.74 Å². The van der Waals surface area contributed by atoms with Crippen LogP contribution in [0.2, 0.25) is 0 Å². The summed E-state index contributed by atoms with van der Waals surface area (Å²) < 4.78 is 5.40. The molecule has 0 aliphatic carbocycles. The van der Waals surface area contributed by atoms with E-state index in [9.17, 15) is 0 Å². The molecule has 5 heteroatoms. The molecule has 1 fully saturated rings. The Labute approximate surface area is 70.7 Å². The topological polar surface area (TPSA) is 54.0 Å². The predicted molar refractivity (Wildman–Crippen MR) is 44.0 cm³/mol. The minimum atomic E-state index is 0.281. The Kier molecular flexibility index (Phi) is 1.95. The number of aromatic nitrogens is 3. The summed E-state index contributed by atoms with van der Waals surface area (Å²) in [7, 11) is 0. The minimum absolute atomic E-state index is 0.281. The van der Waals surface area contributed by atoms with Gasteiger partial charge in [-0.3, -0.25) is 0 Å². The lowest BCUT2D eigenvalue weighted by atomic mass is 10.3. The van der Waals surface area contributed by atoms with Crippen molar-refractivity contribution < 1.29 is 4.74 Å². The van der Waals surface area contributed by atoms with Crippen LogP contribution in [0.25, 0.3) is 0 Å². The van der Waals surface area contributed by atoms with Crippen LogP contribution in [0.4, 0.5) is 5.95 Å². The van der Waals surface area contributed by atoms with Gasteiger partial charge in [0.2, 0.25) is 5.95 Å². The van der Waals surface area contributed by atoms with Crippen LogP contribution in [0.15, 0.2) is 6.33 Å². The zero-order valence-electron chi connectivity index (χ0n) is 7.03. The molecule has 1 aromatic rings. The number of nitrogens with zero attached hydrogens (tertiary/aromatic N) is 3. The van der Waals surface area contributed by atoms with Gasteiger partial charge in [0.25, 0.3) is 0 Å². The van der Waals surface area contributed by atoms with E-state index in [0.29, 0.717) is 0 Å². The van der Waals surface area contributed by atoms with Crippen LogP contribution in [0.1, 0.15) is 6.92 Å². The fourth-order valence-corrected chi connectivity index (χ4v) is 1.36. The molecule has 1 aromatic heterocycles. The number of nitrogens with one attached hydrogen (secondary N) is 1. The molecule has 1 aliphatic rings. The number of morpholine rings is 1. The van der Waals surface area contributed by atoms with Crippen molar-refractivity contribution in [3.05, 3.63) is 6.33 Å². The maximum Gasteiger partial charge on any atom is 0.221 e. The second-order valence-corrected chi connectivity index (χ2v) is 2.94. The Morgan fingerprint density at radius 1 is 1.75 bits per heavy atom. The summed E-state index contributed by atoms with van der Waals surface area (Å²) in [5.41, 5.74) is 0. The SMILES string of the molecule is CC1CN(c2ncn[nH]2)CCO1. The number of ether oxygens (including phenoxy) is 1. The van der Waals surface area contributed by atoms with Crippen LogP contribution < -0.4 is 4.90 Å². The Bertz CT molecular complexity index is 236. The summed E-state index contributed by atoms with van der Waals surface area (Å²) >= 11 is 0. The van der Waals surface area contributed by atoms with Crippen molar-refractivity contribution in [3.8, 4) is 0 Å². The molecule has 2 rings (SSSR count). The van der Waals surface area contributed by atoms with Crippen molar-refractivity contribution in [3.63, 3.8) is 0 Å². The van der Waals surface area contributed by atoms with E-state index in [1.54, 1.807) is 0 Å². The van der Waals surface area contributed by atoms with Gasteiger partial charge in [-0.05, 0) is 6.92 Å². The van der Waals surface area contributed by atoms with Crippen molar-refractivity contribution in [2.75, 3.05) is 24.6 Å². The first-order valence-corrected chi connectivity index (χ1v) is 4.08. The van der Waals surface area contributed by atoms with Crippen molar-refractivity contribution in [1.82, 2.24) is 15.2 Å². The summed E-state index contributed by atoms with van der Waals surface area (Å²) in [5, 5.41) is 6.64. The van der Waals surface area contributed by atoms with Crippen LogP contribution in [-0.2, 0) is 4.74 Å². The maximum atomic E-state index is 5.40. The zero-order valence-corrected chi connectivity index (χ0v) is 7.03. The Morgan fingerprint density at radius 2 is 2.67 bits per heavy atom. The molecule has 2 heterocycles. The molecule has 0 saturated carbocycles. The lowest BCUT2D eigenvalue weighted by Gasteiger charge is -2.30. The smallest absolute Gasteiger partial charge is 0.221 e. The quantitative estimate of drug-likeness (QED) is 0.642. The van der Waals surface area contributed by atoms with Gasteiger partial charge in [0, 0.05) is 13.1 Å². The average molecular weight is 168 g/mol. The van der Waals surface area contributed by atoms with Gasteiger partial charge >= 0.3 is 0 Å². The third kappa shape index (κ3) is 1.40. The van der Waals surface area contributed by atoms with Gasteiger partial charge < -0.3 is 9.64 Å². The standard InChI is InChI=1S/C7H12N4O/c1-6-4-11(2-3-12-6)7-8-5-9-10-7/h5-6H,2-4H2,1H3,(H,8,9,10). The highest BCUT2D eigenvalue weighted by atomic mass is 16.5. The van der Waals surface area contributed by atoms with Gasteiger partial charge in [-0.15, -0.1) is 0 Å². The lowest BCUT2D eigenvalue weighted by Crippen LogP contribution is -2.41. The number of H-pyrrole nitrogens is 1. The molecule has 1 aliphatic heterocycles. The molecule has 0 spiro atoms. The Hall–Kier alpha value is -1.10. The van der Waals surface area contributed by atoms with E-state index in [2.05, 4.69) is 27.0 Å². The first-order chi connectivity index (χ1) is 5.86. The first kappa shape index (κ1) is 7.54. The van der Waals surface area contributed by atoms with E-state index in [1.165, 1.54) is 6.33 Å². The average Bonchev–Trinajstić information content (AvgIpc) is 2.56. The highest BCUT2D eigenvalue weighted by Gasteiger charge is 2.18. The fourth-order valence-electron chi connectivity index (χ4n) is 1.36. The van der Waals surface area contributed by atoms with Gasteiger partial charge in [0.05, 0.1) is 12.7 Å². The van der Waals surface area contributed by atoms with Gasteiger partial charge in [-0.1, -0.05) is 0 Å². The van der Waals surface area contributed by atoms with E-state index in [1.807, 2.05) is 0 Å². The molecule has 1 unspecified atom stereocenters. The summed E-state index contributed by atoms with van der Waals surface area (Å²) in [6, 6.07) is 0. The van der Waals surface area contributed by atoms with Gasteiger partial charge in [-0.25, -0.2) is 5.10 Å². The van der Waals surface area contributed by atoms with E-state index >= 15 is 0 Å². The molecule has 0 aromatic carbocycles. The predicted octanol–water partition coefficient (Wildman–Crippen LogP) is 0.0298. The molecule has 66 valence electrons. The fraction of sp³-hybridized carbons (Fsp3) is 0.714. The molecule has 5 nitrogen and oxygen atoms in total. The molecular formula is C7H12N4O. The number of hydrogen-bond acceptors (Lipinski definition) is 4. The van der Waals surface area contributed by atoms with Crippen LogP contribution in [-0.4, -0.2) is 41.0 Å². The summed E-state index contributed by atoms with van der Waals surface area (Å²) in [6.07, 6.45) is 1.80. The van der Waals surface area contributed by atoms with Gasteiger partial charge in [0.1, 0.15) is 6.33 Å². The summed E-state index contributed by atoms with van der Waals surface area (Å²) in [4.78, 5) is 6.22. The molecule has 0 bridgehead atoms. The van der Waals surface area contributed by atoms with Gasteiger partial charge in [0.15, 0.2) is 0 Å². The Morgan fingerprint density at radius 3 is 3.33 bits per heavy atom. The van der Waals surface area contributed by atoms with Crippen LogP contribution in [0.5, 0.6) is 0 Å². The van der Waals surface area contributed by atoms with Crippen molar-refractivity contribution in [1.29, 1.82) is 0 Å². The van der Waals surface area contributed by atoms with Crippen molar-refractivity contribution in [2.45, 2.75) is 13.0 Å². The number of rotatable bonds is 1.